The van der Waals surface area contributed by atoms with E-state index >= 15 is 0 Å². The summed E-state index contributed by atoms with van der Waals surface area (Å²) in [6, 6.07) is 12.2. The Morgan fingerprint density at radius 1 is 1.02 bits per heavy atom. The minimum Gasteiger partial charge on any atom is -0.384 e. The lowest BCUT2D eigenvalue weighted by Gasteiger charge is -2.44. The SMILES string of the molecule is CC/C=C(/C)C(c1cc(C2=CNC(CC)C=C2C(/C=C\C=C(C)C)=C(\C)CC)ccc1C)C(CC)Cc1ccc(C2=CCC3(CC2)CNC3)cn1. The summed E-state index contributed by atoms with van der Waals surface area (Å²) in [7, 11) is 0. The molecule has 3 aliphatic rings. The average molecular weight is 684 g/mol. The van der Waals surface area contributed by atoms with Gasteiger partial charge >= 0.3 is 0 Å². The highest BCUT2D eigenvalue weighted by Crippen LogP contribution is 2.43. The maximum atomic E-state index is 5.10. The van der Waals surface area contributed by atoms with E-state index in [0.29, 0.717) is 23.3 Å². The smallest absolute Gasteiger partial charge is 0.0445 e. The molecule has 5 rings (SSSR count). The van der Waals surface area contributed by atoms with E-state index in [-0.39, 0.29) is 0 Å². The van der Waals surface area contributed by atoms with Gasteiger partial charge in [0.15, 0.2) is 0 Å². The summed E-state index contributed by atoms with van der Waals surface area (Å²) in [5, 5.41) is 7.20. The number of allylic oxidation sites excluding steroid dienone is 12. The van der Waals surface area contributed by atoms with Crippen molar-refractivity contribution < 1.29 is 0 Å². The van der Waals surface area contributed by atoms with Crippen molar-refractivity contribution in [2.24, 2.45) is 11.3 Å². The van der Waals surface area contributed by atoms with Crippen LogP contribution < -0.4 is 10.6 Å². The zero-order valence-electron chi connectivity index (χ0n) is 33.3. The van der Waals surface area contributed by atoms with Gasteiger partial charge in [0, 0.05) is 48.7 Å². The fourth-order valence-electron chi connectivity index (χ4n) is 8.28. The second kappa shape index (κ2) is 17.7. The van der Waals surface area contributed by atoms with Crippen LogP contribution in [0.3, 0.4) is 0 Å². The minimum absolute atomic E-state index is 0.321. The lowest BCUT2D eigenvalue weighted by Crippen LogP contribution is -2.53. The molecule has 272 valence electrons. The lowest BCUT2D eigenvalue weighted by atomic mass is 9.70. The van der Waals surface area contributed by atoms with Crippen molar-refractivity contribution in [2.45, 2.75) is 126 Å². The minimum atomic E-state index is 0.321. The Morgan fingerprint density at radius 2 is 1.80 bits per heavy atom. The van der Waals surface area contributed by atoms with Gasteiger partial charge < -0.3 is 10.6 Å². The van der Waals surface area contributed by atoms with Gasteiger partial charge in [-0.2, -0.15) is 0 Å². The van der Waals surface area contributed by atoms with Crippen molar-refractivity contribution in [2.75, 3.05) is 13.1 Å². The summed E-state index contributed by atoms with van der Waals surface area (Å²) < 4.78 is 0. The van der Waals surface area contributed by atoms with Crippen LogP contribution in [0.15, 0.2) is 107 Å². The predicted octanol–water partition coefficient (Wildman–Crippen LogP) is 12.2. The predicted molar refractivity (Wildman–Crippen MR) is 222 cm³/mol. The van der Waals surface area contributed by atoms with Gasteiger partial charge in [-0.05, 0) is 136 Å². The monoisotopic (exact) mass is 684 g/mol. The van der Waals surface area contributed by atoms with E-state index in [1.807, 2.05) is 0 Å². The van der Waals surface area contributed by atoms with E-state index in [4.69, 9.17) is 4.98 Å². The fourth-order valence-corrected chi connectivity index (χ4v) is 8.28. The van der Waals surface area contributed by atoms with Gasteiger partial charge in [0.1, 0.15) is 0 Å². The Bertz CT molecular complexity index is 1730. The van der Waals surface area contributed by atoms with E-state index in [1.165, 1.54) is 99.3 Å². The zero-order chi connectivity index (χ0) is 36.5. The van der Waals surface area contributed by atoms with Crippen LogP contribution in [-0.4, -0.2) is 24.1 Å². The van der Waals surface area contributed by atoms with E-state index in [9.17, 15) is 0 Å². The van der Waals surface area contributed by atoms with Crippen molar-refractivity contribution in [1.82, 2.24) is 15.6 Å². The van der Waals surface area contributed by atoms with Gasteiger partial charge in [0.05, 0.1) is 0 Å². The lowest BCUT2D eigenvalue weighted by molar-refractivity contribution is 0.153. The quantitative estimate of drug-likeness (QED) is 0.154. The molecule has 51 heavy (non-hydrogen) atoms. The van der Waals surface area contributed by atoms with Gasteiger partial charge in [-0.15, -0.1) is 0 Å². The van der Waals surface area contributed by atoms with Crippen molar-refractivity contribution in [1.29, 1.82) is 0 Å². The molecule has 1 aromatic carbocycles. The first-order valence-electron chi connectivity index (χ1n) is 19.9. The van der Waals surface area contributed by atoms with Crippen LogP contribution >= 0.6 is 0 Å². The summed E-state index contributed by atoms with van der Waals surface area (Å²) in [5.41, 5.74) is 16.8. The largest absolute Gasteiger partial charge is 0.384 e. The molecule has 0 amide bonds. The molecule has 1 spiro atoms. The molecule has 2 aliphatic heterocycles. The van der Waals surface area contributed by atoms with E-state index in [0.717, 1.165) is 32.1 Å². The molecular formula is C48H65N3. The molecule has 2 aromatic rings. The molecule has 1 saturated heterocycles. The maximum Gasteiger partial charge on any atom is 0.0445 e. The van der Waals surface area contributed by atoms with Crippen LogP contribution in [0.5, 0.6) is 0 Å². The van der Waals surface area contributed by atoms with Gasteiger partial charge in [0.25, 0.3) is 0 Å². The summed E-state index contributed by atoms with van der Waals surface area (Å²) >= 11 is 0. The number of aryl methyl sites for hydroxylation is 1. The van der Waals surface area contributed by atoms with Gasteiger partial charge in [-0.3, -0.25) is 4.98 Å². The number of nitrogens with one attached hydrogen (secondary N) is 2. The molecule has 3 heteroatoms. The normalized spacial score (nSPS) is 20.5. The number of hydrogen-bond donors (Lipinski definition) is 2. The third kappa shape index (κ3) is 9.22. The topological polar surface area (TPSA) is 37.0 Å². The molecule has 0 radical (unpaired) electrons. The van der Waals surface area contributed by atoms with Gasteiger partial charge in [-0.1, -0.05) is 112 Å². The number of nitrogens with zero attached hydrogens (tertiary/aromatic N) is 1. The van der Waals surface area contributed by atoms with E-state index in [2.05, 4.69) is 152 Å². The Hall–Kier alpha value is -3.69. The molecule has 3 nitrogen and oxygen atoms in total. The average Bonchev–Trinajstić information content (AvgIpc) is 3.13. The van der Waals surface area contributed by atoms with Gasteiger partial charge in [-0.25, -0.2) is 0 Å². The molecule has 3 atom stereocenters. The standard InChI is InChI=1S/C48H65N3/c1-10-15-36(9)47(37(12-3)26-42-21-20-40(29-50-42)38-22-24-48(25-23-38)31-49-32-48)44-27-39(19-18-35(44)8)46-30-51-41(13-4)28-45(46)43(34(7)11-2)17-14-16-33(5)6/h14-22,27-30,37,41,47,49,51H,10-13,23-26,31-32H2,1-9H3/b17-14-,36-15-,43-34+. The zero-order valence-corrected chi connectivity index (χ0v) is 33.3. The Kier molecular flexibility index (Phi) is 13.4. The highest BCUT2D eigenvalue weighted by molar-refractivity contribution is 5.86. The van der Waals surface area contributed by atoms with Crippen LogP contribution in [0.25, 0.3) is 11.1 Å². The number of pyridine rings is 1. The second-order valence-electron chi connectivity index (χ2n) is 15.8. The van der Waals surface area contributed by atoms with Crippen molar-refractivity contribution >= 4 is 11.1 Å². The third-order valence-electron chi connectivity index (χ3n) is 11.8. The molecule has 1 aliphatic carbocycles. The summed E-state index contributed by atoms with van der Waals surface area (Å²) in [5.74, 6) is 0.769. The van der Waals surface area contributed by atoms with Crippen LogP contribution in [0.1, 0.15) is 134 Å². The number of aromatic nitrogens is 1. The number of dihydropyridines is 1. The molecule has 1 aromatic heterocycles. The van der Waals surface area contributed by atoms with Crippen molar-refractivity contribution in [3.05, 3.63) is 135 Å². The summed E-state index contributed by atoms with van der Waals surface area (Å²) in [4.78, 5) is 5.10. The van der Waals surface area contributed by atoms with Crippen molar-refractivity contribution in [3.63, 3.8) is 0 Å². The highest BCUT2D eigenvalue weighted by atomic mass is 15.0. The van der Waals surface area contributed by atoms with Crippen LogP contribution in [0, 0.1) is 18.3 Å². The first-order chi connectivity index (χ1) is 24.6. The fraction of sp³-hybridized carbons (Fsp3) is 0.479. The number of rotatable bonds is 14. The number of benzene rings is 1. The Morgan fingerprint density at radius 3 is 2.39 bits per heavy atom. The molecule has 3 heterocycles. The molecule has 3 unspecified atom stereocenters. The first-order valence-corrected chi connectivity index (χ1v) is 19.9. The Labute approximate surface area is 310 Å². The highest BCUT2D eigenvalue weighted by Gasteiger charge is 2.37. The second-order valence-corrected chi connectivity index (χ2v) is 15.8. The van der Waals surface area contributed by atoms with Crippen LogP contribution in [0.2, 0.25) is 0 Å². The third-order valence-corrected chi connectivity index (χ3v) is 11.8. The maximum absolute atomic E-state index is 5.10. The number of hydrogen-bond acceptors (Lipinski definition) is 3. The van der Waals surface area contributed by atoms with Crippen molar-refractivity contribution in [3.8, 4) is 0 Å². The summed E-state index contributed by atoms with van der Waals surface area (Å²) in [6.45, 7) is 22.8. The molecule has 1 fully saturated rings. The Balaban J connectivity index is 1.48. The van der Waals surface area contributed by atoms with Gasteiger partial charge in [0.2, 0.25) is 0 Å². The van der Waals surface area contributed by atoms with E-state index < -0.39 is 0 Å². The van der Waals surface area contributed by atoms with E-state index in [1.54, 1.807) is 0 Å². The first kappa shape index (κ1) is 38.5. The molecular weight excluding hydrogens is 619 g/mol. The molecule has 2 N–H and O–H groups in total. The van der Waals surface area contributed by atoms with Crippen LogP contribution in [0.4, 0.5) is 0 Å². The van der Waals surface area contributed by atoms with Crippen LogP contribution in [-0.2, 0) is 6.42 Å². The molecule has 0 bridgehead atoms. The molecule has 0 saturated carbocycles. The summed E-state index contributed by atoms with van der Waals surface area (Å²) in [6.07, 6.45) is 27.4.